The summed E-state index contributed by atoms with van der Waals surface area (Å²) in [6, 6.07) is 16.7. The molecule has 3 rings (SSSR count). The van der Waals surface area contributed by atoms with Crippen molar-refractivity contribution in [3.8, 4) is 17.0 Å². The molecule has 1 heterocycles. The highest BCUT2D eigenvalue weighted by atomic mass is 32.1. The van der Waals surface area contributed by atoms with E-state index in [2.05, 4.69) is 10.3 Å². The van der Waals surface area contributed by atoms with Gasteiger partial charge in [-0.1, -0.05) is 42.5 Å². The first kappa shape index (κ1) is 19.0. The third-order valence-corrected chi connectivity index (χ3v) is 4.81. The largest absolute Gasteiger partial charge is 0.492 e. The Balaban J connectivity index is 1.46. The lowest BCUT2D eigenvalue weighted by Crippen LogP contribution is -2.28. The van der Waals surface area contributed by atoms with E-state index in [1.54, 1.807) is 24.3 Å². The average molecular weight is 399 g/mol. The number of carbonyl (C=O) groups excluding carboxylic acids is 1. The van der Waals surface area contributed by atoms with Crippen molar-refractivity contribution in [2.45, 2.75) is 0 Å². The molecule has 0 aliphatic heterocycles. The molecule has 1 aromatic heterocycles. The summed E-state index contributed by atoms with van der Waals surface area (Å²) in [5, 5.41) is 13.9. The molecule has 0 spiro atoms. The molecule has 3 aromatic rings. The molecule has 0 atom stereocenters. The fourth-order valence-electron chi connectivity index (χ4n) is 2.30. The Hall–Kier alpha value is -2.81. The van der Waals surface area contributed by atoms with Crippen LogP contribution < -0.4 is 15.5 Å². The number of hydrogen-bond acceptors (Lipinski definition) is 6. The van der Waals surface area contributed by atoms with Crippen LogP contribution in [0.25, 0.3) is 11.3 Å². The van der Waals surface area contributed by atoms with E-state index in [1.807, 2.05) is 41.2 Å². The molecule has 0 saturated heterocycles. The number of aromatic nitrogens is 1. The molecular formula is C19H17N3O3S2. The van der Waals surface area contributed by atoms with Gasteiger partial charge in [0.15, 0.2) is 5.01 Å². The minimum absolute atomic E-state index is 0.222. The van der Waals surface area contributed by atoms with Gasteiger partial charge in [0.25, 0.3) is 5.91 Å². The maximum Gasteiger partial charge on any atom is 0.280 e. The van der Waals surface area contributed by atoms with Gasteiger partial charge in [0, 0.05) is 16.5 Å². The highest BCUT2D eigenvalue weighted by Crippen LogP contribution is 2.21. The number of rotatable bonds is 7. The van der Waals surface area contributed by atoms with E-state index in [1.165, 1.54) is 11.3 Å². The Morgan fingerprint density at radius 3 is 2.59 bits per heavy atom. The van der Waals surface area contributed by atoms with Gasteiger partial charge < -0.3 is 10.1 Å². The van der Waals surface area contributed by atoms with E-state index in [9.17, 15) is 4.79 Å². The standard InChI is InChI=1S/C19H17N3O3S2/c23-17(19-21-16(12-27-19)13-4-2-1-3-5-13)20-10-11-25-15-8-6-14(7-9-15)18(26)22-24/h1-9,12,24H,10-11H2,(H,20,23)(H,22,26). The van der Waals surface area contributed by atoms with Gasteiger partial charge in [0.05, 0.1) is 12.2 Å². The fourth-order valence-corrected chi connectivity index (χ4v) is 3.17. The molecule has 6 nitrogen and oxygen atoms in total. The van der Waals surface area contributed by atoms with Crippen LogP contribution in [0.3, 0.4) is 0 Å². The predicted octanol–water partition coefficient (Wildman–Crippen LogP) is 3.27. The van der Waals surface area contributed by atoms with Crippen LogP contribution in [-0.4, -0.2) is 34.2 Å². The van der Waals surface area contributed by atoms with Gasteiger partial charge in [-0.15, -0.1) is 11.3 Å². The minimum atomic E-state index is -0.222. The highest BCUT2D eigenvalue weighted by molar-refractivity contribution is 7.80. The maximum absolute atomic E-state index is 12.2. The zero-order chi connectivity index (χ0) is 19.1. The fraction of sp³-hybridized carbons (Fsp3) is 0.105. The number of benzene rings is 2. The van der Waals surface area contributed by atoms with Crippen LogP contribution in [0.1, 0.15) is 15.4 Å². The van der Waals surface area contributed by atoms with Crippen molar-refractivity contribution in [1.29, 1.82) is 0 Å². The zero-order valence-corrected chi connectivity index (χ0v) is 15.8. The summed E-state index contributed by atoms with van der Waals surface area (Å²) in [4.78, 5) is 16.8. The Morgan fingerprint density at radius 2 is 1.89 bits per heavy atom. The Bertz CT molecular complexity index is 911. The van der Waals surface area contributed by atoms with Gasteiger partial charge in [-0.25, -0.2) is 4.98 Å². The Kier molecular flexibility index (Phi) is 6.48. The molecule has 1 amide bonds. The van der Waals surface area contributed by atoms with E-state index >= 15 is 0 Å². The van der Waals surface area contributed by atoms with Crippen molar-refractivity contribution >= 4 is 34.5 Å². The lowest BCUT2D eigenvalue weighted by Gasteiger charge is -2.08. The van der Waals surface area contributed by atoms with E-state index in [4.69, 9.17) is 22.2 Å². The van der Waals surface area contributed by atoms with Crippen molar-refractivity contribution in [3.05, 3.63) is 70.5 Å². The average Bonchev–Trinajstić information content (AvgIpc) is 3.22. The lowest BCUT2D eigenvalue weighted by atomic mass is 10.2. The number of nitrogens with one attached hydrogen (secondary N) is 2. The summed E-state index contributed by atoms with van der Waals surface area (Å²) in [7, 11) is 0. The van der Waals surface area contributed by atoms with E-state index in [-0.39, 0.29) is 10.9 Å². The molecule has 2 aromatic carbocycles. The van der Waals surface area contributed by atoms with Crippen molar-refractivity contribution in [2.75, 3.05) is 13.2 Å². The van der Waals surface area contributed by atoms with E-state index in [0.717, 1.165) is 11.3 Å². The molecule has 8 heteroatoms. The molecule has 0 radical (unpaired) electrons. The number of nitrogens with zero attached hydrogens (tertiary/aromatic N) is 1. The number of hydrogen-bond donors (Lipinski definition) is 3. The molecule has 0 unspecified atom stereocenters. The number of amides is 1. The normalized spacial score (nSPS) is 10.3. The van der Waals surface area contributed by atoms with Gasteiger partial charge in [-0.3, -0.25) is 15.5 Å². The number of hydroxylamine groups is 1. The van der Waals surface area contributed by atoms with Crippen molar-refractivity contribution in [2.24, 2.45) is 0 Å². The second-order valence-electron chi connectivity index (χ2n) is 5.47. The van der Waals surface area contributed by atoms with Crippen molar-refractivity contribution in [1.82, 2.24) is 15.8 Å². The van der Waals surface area contributed by atoms with E-state index in [0.29, 0.717) is 29.5 Å². The van der Waals surface area contributed by atoms with Crippen LogP contribution in [-0.2, 0) is 0 Å². The summed E-state index contributed by atoms with van der Waals surface area (Å²) in [5.74, 6) is 0.426. The first-order valence-electron chi connectivity index (χ1n) is 8.14. The van der Waals surface area contributed by atoms with Gasteiger partial charge in [-0.2, -0.15) is 0 Å². The molecule has 0 saturated carbocycles. The summed E-state index contributed by atoms with van der Waals surface area (Å²) in [5.41, 5.74) is 4.39. The third kappa shape index (κ3) is 5.10. The van der Waals surface area contributed by atoms with Gasteiger partial charge in [0.1, 0.15) is 17.3 Å². The zero-order valence-electron chi connectivity index (χ0n) is 14.2. The maximum atomic E-state index is 12.2. The quantitative estimate of drug-likeness (QED) is 0.321. The molecule has 0 bridgehead atoms. The molecule has 138 valence electrons. The van der Waals surface area contributed by atoms with Crippen LogP contribution in [0.4, 0.5) is 0 Å². The smallest absolute Gasteiger partial charge is 0.280 e. The lowest BCUT2D eigenvalue weighted by molar-refractivity contribution is 0.0946. The number of thiocarbonyl (C=S) groups is 1. The van der Waals surface area contributed by atoms with Crippen LogP contribution in [0, 0.1) is 0 Å². The van der Waals surface area contributed by atoms with Gasteiger partial charge >= 0.3 is 0 Å². The summed E-state index contributed by atoms with van der Waals surface area (Å²) in [6.07, 6.45) is 0. The Labute approximate surface area is 165 Å². The molecular weight excluding hydrogens is 382 g/mol. The summed E-state index contributed by atoms with van der Waals surface area (Å²) in [6.45, 7) is 0.683. The molecule has 3 N–H and O–H groups in total. The van der Waals surface area contributed by atoms with Crippen molar-refractivity contribution in [3.63, 3.8) is 0 Å². The first-order valence-corrected chi connectivity index (χ1v) is 9.42. The second kappa shape index (κ2) is 9.22. The third-order valence-electron chi connectivity index (χ3n) is 3.64. The van der Waals surface area contributed by atoms with Crippen LogP contribution >= 0.6 is 23.6 Å². The summed E-state index contributed by atoms with van der Waals surface area (Å²) >= 11 is 6.24. The van der Waals surface area contributed by atoms with Gasteiger partial charge in [0.2, 0.25) is 0 Å². The highest BCUT2D eigenvalue weighted by Gasteiger charge is 2.11. The summed E-state index contributed by atoms with van der Waals surface area (Å²) < 4.78 is 5.58. The first-order chi connectivity index (χ1) is 13.2. The minimum Gasteiger partial charge on any atom is -0.492 e. The number of thiazole rings is 1. The number of carbonyl (C=O) groups is 1. The SMILES string of the molecule is O=C(NCCOc1ccc(C(=S)NO)cc1)c1nc(-c2ccccc2)cs1. The molecule has 0 aliphatic carbocycles. The molecule has 0 fully saturated rings. The van der Waals surface area contributed by atoms with Gasteiger partial charge in [-0.05, 0) is 24.3 Å². The second-order valence-corrected chi connectivity index (χ2v) is 6.74. The van der Waals surface area contributed by atoms with E-state index < -0.39 is 0 Å². The van der Waals surface area contributed by atoms with Crippen molar-refractivity contribution < 1.29 is 14.7 Å². The van der Waals surface area contributed by atoms with Crippen LogP contribution in [0.2, 0.25) is 0 Å². The topological polar surface area (TPSA) is 83.5 Å². The number of ether oxygens (including phenoxy) is 1. The Morgan fingerprint density at radius 1 is 1.15 bits per heavy atom. The molecule has 0 aliphatic rings. The van der Waals surface area contributed by atoms with Crippen LogP contribution in [0.5, 0.6) is 5.75 Å². The monoisotopic (exact) mass is 399 g/mol. The predicted molar refractivity (Wildman–Crippen MR) is 108 cm³/mol. The molecule has 27 heavy (non-hydrogen) atoms. The van der Waals surface area contributed by atoms with Crippen LogP contribution in [0.15, 0.2) is 60.0 Å².